The molecule has 0 aromatic heterocycles. The van der Waals surface area contributed by atoms with Gasteiger partial charge in [-0.2, -0.15) is 4.31 Å². The van der Waals surface area contributed by atoms with Crippen LogP contribution in [0, 0.1) is 20.8 Å². The van der Waals surface area contributed by atoms with Crippen LogP contribution in [0.3, 0.4) is 0 Å². The number of benzene rings is 2. The monoisotopic (exact) mass is 407 g/mol. The number of methoxy groups -OCH3 is 1. The van der Waals surface area contributed by atoms with Gasteiger partial charge in [-0.1, -0.05) is 6.07 Å². The molecule has 0 N–H and O–H groups in total. The van der Waals surface area contributed by atoms with Crippen LogP contribution in [-0.4, -0.2) is 53.2 Å². The van der Waals surface area contributed by atoms with Crippen LogP contribution in [0.2, 0.25) is 0 Å². The van der Waals surface area contributed by atoms with Crippen LogP contribution in [0.1, 0.15) is 16.7 Å². The highest BCUT2D eigenvalue weighted by molar-refractivity contribution is 7.89. The fourth-order valence-corrected chi connectivity index (χ4v) is 4.03. The summed E-state index contributed by atoms with van der Waals surface area (Å²) < 4.78 is 43.2. The molecule has 154 valence electrons. The minimum absolute atomic E-state index is 0.234. The lowest BCUT2D eigenvalue weighted by Crippen LogP contribution is -2.31. The van der Waals surface area contributed by atoms with Crippen molar-refractivity contribution in [1.82, 2.24) is 4.31 Å². The molecule has 7 heteroatoms. The number of rotatable bonds is 10. The Morgan fingerprint density at radius 2 is 1.57 bits per heavy atom. The Balaban J connectivity index is 1.99. The summed E-state index contributed by atoms with van der Waals surface area (Å²) in [4.78, 5) is 0.234. The first-order valence-corrected chi connectivity index (χ1v) is 10.6. The van der Waals surface area contributed by atoms with Gasteiger partial charge in [0, 0.05) is 20.7 Å². The van der Waals surface area contributed by atoms with Gasteiger partial charge in [0.2, 0.25) is 10.0 Å². The van der Waals surface area contributed by atoms with Gasteiger partial charge in [-0.3, -0.25) is 0 Å². The van der Waals surface area contributed by atoms with E-state index >= 15 is 0 Å². The predicted octanol–water partition coefficient (Wildman–Crippen LogP) is 3.34. The zero-order valence-corrected chi connectivity index (χ0v) is 18.0. The van der Waals surface area contributed by atoms with Crippen molar-refractivity contribution in [3.63, 3.8) is 0 Å². The average Bonchev–Trinajstić information content (AvgIpc) is 2.62. The molecule has 0 aliphatic rings. The van der Waals surface area contributed by atoms with Crippen LogP contribution in [0.5, 0.6) is 11.5 Å². The van der Waals surface area contributed by atoms with Crippen molar-refractivity contribution >= 4 is 10.0 Å². The third kappa shape index (κ3) is 5.95. The first-order valence-electron chi connectivity index (χ1n) is 9.14. The number of aryl methyl sites for hydroxylation is 3. The van der Waals surface area contributed by atoms with E-state index in [1.165, 1.54) is 4.31 Å². The van der Waals surface area contributed by atoms with E-state index in [1.807, 2.05) is 32.9 Å². The second-order valence-electron chi connectivity index (χ2n) is 6.77. The highest BCUT2D eigenvalue weighted by atomic mass is 32.2. The molecular formula is C21H29NO5S. The molecule has 0 unspecified atom stereocenters. The van der Waals surface area contributed by atoms with E-state index in [1.54, 1.807) is 32.4 Å². The SMILES string of the molecule is COCCOc1ccc(S(=O)(=O)N(C)CCOc2cc(C)cc(C)c2)cc1C. The van der Waals surface area contributed by atoms with Gasteiger partial charge in [-0.05, 0) is 67.8 Å². The van der Waals surface area contributed by atoms with Gasteiger partial charge in [0.15, 0.2) is 0 Å². The molecule has 0 saturated carbocycles. The van der Waals surface area contributed by atoms with E-state index in [9.17, 15) is 8.42 Å². The molecular weight excluding hydrogens is 378 g/mol. The normalized spacial score (nSPS) is 11.6. The molecule has 2 aromatic rings. The lowest BCUT2D eigenvalue weighted by molar-refractivity contribution is 0.146. The van der Waals surface area contributed by atoms with Crippen molar-refractivity contribution in [2.24, 2.45) is 0 Å². The zero-order valence-electron chi connectivity index (χ0n) is 17.2. The Hall–Kier alpha value is -2.09. The number of ether oxygens (including phenoxy) is 3. The van der Waals surface area contributed by atoms with Crippen molar-refractivity contribution in [2.45, 2.75) is 25.7 Å². The topological polar surface area (TPSA) is 65.1 Å². The van der Waals surface area contributed by atoms with E-state index in [2.05, 4.69) is 6.07 Å². The van der Waals surface area contributed by atoms with Gasteiger partial charge < -0.3 is 14.2 Å². The first kappa shape index (κ1) is 22.2. The highest BCUT2D eigenvalue weighted by Gasteiger charge is 2.21. The molecule has 0 saturated heterocycles. The Morgan fingerprint density at radius 1 is 0.893 bits per heavy atom. The first-order chi connectivity index (χ1) is 13.2. The molecule has 2 rings (SSSR count). The number of hydrogen-bond donors (Lipinski definition) is 0. The minimum atomic E-state index is -3.60. The summed E-state index contributed by atoms with van der Waals surface area (Å²) in [6.45, 7) is 7.24. The van der Waals surface area contributed by atoms with E-state index in [0.717, 1.165) is 22.4 Å². The number of sulfonamides is 1. The summed E-state index contributed by atoms with van der Waals surface area (Å²) in [7, 11) is -0.444. The van der Waals surface area contributed by atoms with Crippen LogP contribution in [-0.2, 0) is 14.8 Å². The van der Waals surface area contributed by atoms with Crippen molar-refractivity contribution < 1.29 is 22.6 Å². The van der Waals surface area contributed by atoms with Gasteiger partial charge >= 0.3 is 0 Å². The fourth-order valence-electron chi connectivity index (χ4n) is 2.79. The highest BCUT2D eigenvalue weighted by Crippen LogP contribution is 2.24. The minimum Gasteiger partial charge on any atom is -0.492 e. The lowest BCUT2D eigenvalue weighted by atomic mass is 10.1. The third-order valence-electron chi connectivity index (χ3n) is 4.27. The van der Waals surface area contributed by atoms with Crippen LogP contribution in [0.15, 0.2) is 41.3 Å². The summed E-state index contributed by atoms with van der Waals surface area (Å²) >= 11 is 0. The average molecular weight is 408 g/mol. The van der Waals surface area contributed by atoms with Gasteiger partial charge in [0.05, 0.1) is 11.5 Å². The molecule has 0 radical (unpaired) electrons. The fraction of sp³-hybridized carbons (Fsp3) is 0.429. The van der Waals surface area contributed by atoms with E-state index in [0.29, 0.717) is 19.0 Å². The van der Waals surface area contributed by atoms with Crippen LogP contribution < -0.4 is 9.47 Å². The molecule has 6 nitrogen and oxygen atoms in total. The standard InChI is InChI=1S/C21H29NO5S/c1-16-12-17(2)14-19(13-16)26-9-8-22(4)28(23,24)20-6-7-21(18(3)15-20)27-11-10-25-5/h6-7,12-15H,8-11H2,1-5H3. The Labute approximate surface area is 168 Å². The maximum absolute atomic E-state index is 12.8. The van der Waals surface area contributed by atoms with Gasteiger partial charge in [-0.25, -0.2) is 8.42 Å². The third-order valence-corrected chi connectivity index (χ3v) is 6.12. The van der Waals surface area contributed by atoms with Crippen molar-refractivity contribution in [3.05, 3.63) is 53.1 Å². The number of nitrogens with zero attached hydrogens (tertiary/aromatic N) is 1. The summed E-state index contributed by atoms with van der Waals surface area (Å²) in [5, 5.41) is 0. The van der Waals surface area contributed by atoms with Crippen molar-refractivity contribution in [3.8, 4) is 11.5 Å². The molecule has 0 heterocycles. The maximum atomic E-state index is 12.8. The van der Waals surface area contributed by atoms with E-state index in [4.69, 9.17) is 14.2 Å². The molecule has 0 bridgehead atoms. The molecule has 0 amide bonds. The predicted molar refractivity (Wildman–Crippen MR) is 110 cm³/mol. The Bertz CT molecular complexity index is 875. The summed E-state index contributed by atoms with van der Waals surface area (Å²) in [6.07, 6.45) is 0. The van der Waals surface area contributed by atoms with Crippen molar-refractivity contribution in [2.75, 3.05) is 40.5 Å². The Morgan fingerprint density at radius 3 is 2.18 bits per heavy atom. The molecule has 0 fully saturated rings. The van der Waals surface area contributed by atoms with E-state index in [-0.39, 0.29) is 18.0 Å². The smallest absolute Gasteiger partial charge is 0.242 e. The van der Waals surface area contributed by atoms with Gasteiger partial charge in [0.25, 0.3) is 0 Å². The van der Waals surface area contributed by atoms with E-state index < -0.39 is 10.0 Å². The summed E-state index contributed by atoms with van der Waals surface area (Å²) in [5.41, 5.74) is 2.98. The van der Waals surface area contributed by atoms with Crippen LogP contribution in [0.4, 0.5) is 0 Å². The molecule has 0 aliphatic heterocycles. The van der Waals surface area contributed by atoms with Crippen molar-refractivity contribution in [1.29, 1.82) is 0 Å². The maximum Gasteiger partial charge on any atom is 0.242 e. The molecule has 0 aliphatic carbocycles. The second kappa shape index (κ2) is 9.91. The number of likely N-dealkylation sites (N-methyl/N-ethyl adjacent to an activating group) is 1. The quantitative estimate of drug-likeness (QED) is 0.565. The van der Waals surface area contributed by atoms with Gasteiger partial charge in [0.1, 0.15) is 24.7 Å². The second-order valence-corrected chi connectivity index (χ2v) is 8.81. The lowest BCUT2D eigenvalue weighted by Gasteiger charge is -2.19. The Kier molecular flexibility index (Phi) is 7.86. The summed E-state index contributed by atoms with van der Waals surface area (Å²) in [5.74, 6) is 1.40. The molecule has 2 aromatic carbocycles. The number of hydrogen-bond acceptors (Lipinski definition) is 5. The molecule has 28 heavy (non-hydrogen) atoms. The van der Waals surface area contributed by atoms with Crippen LogP contribution >= 0.6 is 0 Å². The largest absolute Gasteiger partial charge is 0.492 e. The summed E-state index contributed by atoms with van der Waals surface area (Å²) in [6, 6.07) is 10.8. The van der Waals surface area contributed by atoms with Gasteiger partial charge in [-0.15, -0.1) is 0 Å². The van der Waals surface area contributed by atoms with Crippen LogP contribution in [0.25, 0.3) is 0 Å². The zero-order chi connectivity index (χ0) is 20.7. The molecule has 0 atom stereocenters. The molecule has 0 spiro atoms.